The van der Waals surface area contributed by atoms with Crippen LogP contribution in [-0.4, -0.2) is 52.9 Å². The molecule has 126 valence electrons. The Morgan fingerprint density at radius 1 is 1.50 bits per heavy atom. The lowest BCUT2D eigenvalue weighted by molar-refractivity contribution is 0.0684. The second-order valence-electron chi connectivity index (χ2n) is 5.66. The Kier molecular flexibility index (Phi) is 4.92. The zero-order chi connectivity index (χ0) is 17.1. The molecule has 1 fully saturated rings. The van der Waals surface area contributed by atoms with Gasteiger partial charge < -0.3 is 14.8 Å². The van der Waals surface area contributed by atoms with Crippen molar-refractivity contribution in [2.75, 3.05) is 20.3 Å². The largest absolute Gasteiger partial charge is 0.399 e. The van der Waals surface area contributed by atoms with Crippen molar-refractivity contribution in [3.63, 3.8) is 0 Å². The molecule has 1 N–H and O–H groups in total. The summed E-state index contributed by atoms with van der Waals surface area (Å²) in [5.41, 5.74) is 2.91. The fourth-order valence-corrected chi connectivity index (χ4v) is 3.78. The molecule has 0 aliphatic carbocycles. The minimum atomic E-state index is -0.268. The molecule has 1 aromatic heterocycles. The van der Waals surface area contributed by atoms with Crippen LogP contribution in [0.5, 0.6) is 0 Å². The number of rotatable bonds is 4. The quantitative estimate of drug-likeness (QED) is 0.863. The minimum Gasteiger partial charge on any atom is -0.399 e. The number of thiazole rings is 1. The van der Waals surface area contributed by atoms with Crippen LogP contribution in [-0.2, 0) is 4.84 Å². The molecule has 0 radical (unpaired) electrons. The van der Waals surface area contributed by atoms with Gasteiger partial charge in [0, 0.05) is 12.0 Å². The Morgan fingerprint density at radius 2 is 2.29 bits per heavy atom. The van der Waals surface area contributed by atoms with Crippen molar-refractivity contribution < 1.29 is 14.7 Å². The van der Waals surface area contributed by atoms with Crippen LogP contribution >= 0.6 is 11.3 Å². The standard InChI is InChI=1S/C17H19N3O3S/c1-11-5-3-4-6-14(11)16-18-8-15(24-16)17(22)20-9-12(19-23-2)7-13(20)10-21/h3-6,8,13,21H,7,9-10H2,1-2H3/b19-12+/t13-/m0/s1. The molecule has 0 bridgehead atoms. The number of carbonyl (C=O) groups is 1. The lowest BCUT2D eigenvalue weighted by Crippen LogP contribution is -2.37. The van der Waals surface area contributed by atoms with E-state index in [0.29, 0.717) is 17.8 Å². The highest BCUT2D eigenvalue weighted by atomic mass is 32.1. The van der Waals surface area contributed by atoms with Crippen molar-refractivity contribution >= 4 is 23.0 Å². The minimum absolute atomic E-state index is 0.0993. The topological polar surface area (TPSA) is 75.0 Å². The van der Waals surface area contributed by atoms with Crippen LogP contribution in [0.15, 0.2) is 35.6 Å². The third-order valence-electron chi connectivity index (χ3n) is 4.05. The Labute approximate surface area is 144 Å². The summed E-state index contributed by atoms with van der Waals surface area (Å²) in [5, 5.41) is 14.3. The van der Waals surface area contributed by atoms with Crippen LogP contribution in [0.25, 0.3) is 10.6 Å². The van der Waals surface area contributed by atoms with Crippen LogP contribution in [0.3, 0.4) is 0 Å². The molecule has 24 heavy (non-hydrogen) atoms. The van der Waals surface area contributed by atoms with Gasteiger partial charge in [0.15, 0.2) is 0 Å². The van der Waals surface area contributed by atoms with E-state index in [9.17, 15) is 9.90 Å². The Bertz CT molecular complexity index is 772. The van der Waals surface area contributed by atoms with Gasteiger partial charge in [0.2, 0.25) is 0 Å². The van der Waals surface area contributed by atoms with Crippen LogP contribution in [0, 0.1) is 6.92 Å². The van der Waals surface area contributed by atoms with Gasteiger partial charge in [-0.25, -0.2) is 4.98 Å². The predicted molar refractivity (Wildman–Crippen MR) is 93.3 cm³/mol. The van der Waals surface area contributed by atoms with E-state index in [1.54, 1.807) is 11.1 Å². The summed E-state index contributed by atoms with van der Waals surface area (Å²) >= 11 is 1.37. The van der Waals surface area contributed by atoms with Crippen molar-refractivity contribution in [2.24, 2.45) is 5.16 Å². The van der Waals surface area contributed by atoms with Gasteiger partial charge in [-0.1, -0.05) is 29.4 Å². The lowest BCUT2D eigenvalue weighted by atomic mass is 10.1. The van der Waals surface area contributed by atoms with Crippen LogP contribution in [0.2, 0.25) is 0 Å². The van der Waals surface area contributed by atoms with Gasteiger partial charge in [-0.3, -0.25) is 4.79 Å². The number of aliphatic hydroxyl groups is 1. The number of carbonyl (C=O) groups excluding carboxylic acids is 1. The number of aromatic nitrogens is 1. The number of nitrogens with zero attached hydrogens (tertiary/aromatic N) is 3. The van der Waals surface area contributed by atoms with Crippen molar-refractivity contribution in [1.29, 1.82) is 0 Å². The summed E-state index contributed by atoms with van der Waals surface area (Å²) in [6.45, 7) is 2.29. The van der Waals surface area contributed by atoms with Crippen molar-refractivity contribution in [3.8, 4) is 10.6 Å². The molecule has 0 saturated carbocycles. The van der Waals surface area contributed by atoms with Gasteiger partial charge in [0.05, 0.1) is 31.1 Å². The van der Waals surface area contributed by atoms with E-state index >= 15 is 0 Å². The number of aryl methyl sites for hydroxylation is 1. The maximum Gasteiger partial charge on any atom is 0.266 e. The van der Waals surface area contributed by atoms with Gasteiger partial charge in [-0.15, -0.1) is 11.3 Å². The number of amides is 1. The molecule has 0 spiro atoms. The molecule has 1 aromatic carbocycles. The summed E-state index contributed by atoms with van der Waals surface area (Å²) < 4.78 is 0. The van der Waals surface area contributed by atoms with Gasteiger partial charge in [-0.2, -0.15) is 0 Å². The fraction of sp³-hybridized carbons (Fsp3) is 0.353. The van der Waals surface area contributed by atoms with E-state index in [2.05, 4.69) is 10.1 Å². The van der Waals surface area contributed by atoms with E-state index in [4.69, 9.17) is 4.84 Å². The molecule has 6 nitrogen and oxygen atoms in total. The second-order valence-corrected chi connectivity index (χ2v) is 6.69. The highest BCUT2D eigenvalue weighted by Gasteiger charge is 2.34. The molecule has 1 atom stereocenters. The van der Waals surface area contributed by atoms with Gasteiger partial charge >= 0.3 is 0 Å². The number of benzene rings is 1. The molecule has 1 aliphatic rings. The van der Waals surface area contributed by atoms with E-state index in [-0.39, 0.29) is 18.6 Å². The molecule has 1 amide bonds. The Morgan fingerprint density at radius 3 is 3.00 bits per heavy atom. The zero-order valence-electron chi connectivity index (χ0n) is 13.6. The molecular formula is C17H19N3O3S. The van der Waals surface area contributed by atoms with Crippen LogP contribution in [0.4, 0.5) is 0 Å². The third kappa shape index (κ3) is 3.18. The lowest BCUT2D eigenvalue weighted by Gasteiger charge is -2.21. The maximum atomic E-state index is 12.8. The first-order valence-corrected chi connectivity index (χ1v) is 8.48. The first-order valence-electron chi connectivity index (χ1n) is 7.66. The number of hydrogen-bond acceptors (Lipinski definition) is 6. The smallest absolute Gasteiger partial charge is 0.266 e. The van der Waals surface area contributed by atoms with E-state index in [0.717, 1.165) is 21.8 Å². The van der Waals surface area contributed by atoms with E-state index in [1.807, 2.05) is 31.2 Å². The average Bonchev–Trinajstić information content (AvgIpc) is 3.22. The molecular weight excluding hydrogens is 326 g/mol. The summed E-state index contributed by atoms with van der Waals surface area (Å²) in [6.07, 6.45) is 2.13. The van der Waals surface area contributed by atoms with E-state index in [1.165, 1.54) is 18.4 Å². The van der Waals surface area contributed by atoms with Crippen LogP contribution < -0.4 is 0 Å². The number of oxime groups is 1. The Balaban J connectivity index is 1.84. The molecule has 2 aromatic rings. The number of hydrogen-bond donors (Lipinski definition) is 1. The highest BCUT2D eigenvalue weighted by molar-refractivity contribution is 7.16. The molecule has 1 saturated heterocycles. The first kappa shape index (κ1) is 16.6. The molecule has 3 rings (SSSR count). The average molecular weight is 345 g/mol. The van der Waals surface area contributed by atoms with Gasteiger partial charge in [0.1, 0.15) is 17.0 Å². The zero-order valence-corrected chi connectivity index (χ0v) is 14.4. The molecule has 2 heterocycles. The molecule has 7 heteroatoms. The molecule has 0 unspecified atom stereocenters. The van der Waals surface area contributed by atoms with Gasteiger partial charge in [0.25, 0.3) is 5.91 Å². The third-order valence-corrected chi connectivity index (χ3v) is 5.07. The molecule has 1 aliphatic heterocycles. The van der Waals surface area contributed by atoms with E-state index < -0.39 is 0 Å². The summed E-state index contributed by atoms with van der Waals surface area (Å²) in [4.78, 5) is 24.2. The summed E-state index contributed by atoms with van der Waals surface area (Å²) in [6, 6.07) is 7.69. The fourth-order valence-electron chi connectivity index (χ4n) is 2.82. The Hall–Kier alpha value is -2.25. The highest BCUT2D eigenvalue weighted by Crippen LogP contribution is 2.29. The summed E-state index contributed by atoms with van der Waals surface area (Å²) in [7, 11) is 1.48. The first-order chi connectivity index (χ1) is 11.6. The van der Waals surface area contributed by atoms with Gasteiger partial charge in [-0.05, 0) is 12.5 Å². The second kappa shape index (κ2) is 7.11. The normalized spacial score (nSPS) is 19.0. The number of aliphatic hydroxyl groups excluding tert-OH is 1. The monoisotopic (exact) mass is 345 g/mol. The summed E-state index contributed by atoms with van der Waals surface area (Å²) in [5.74, 6) is -0.132. The maximum absolute atomic E-state index is 12.8. The number of likely N-dealkylation sites (tertiary alicyclic amines) is 1. The van der Waals surface area contributed by atoms with Crippen molar-refractivity contribution in [3.05, 3.63) is 40.9 Å². The predicted octanol–water partition coefficient (Wildman–Crippen LogP) is 2.33. The van der Waals surface area contributed by atoms with Crippen LogP contribution in [0.1, 0.15) is 21.7 Å². The van der Waals surface area contributed by atoms with Crippen molar-refractivity contribution in [1.82, 2.24) is 9.88 Å². The van der Waals surface area contributed by atoms with Crippen molar-refractivity contribution in [2.45, 2.75) is 19.4 Å². The SMILES string of the molecule is CO/N=C1\C[C@@H](CO)N(C(=O)c2cnc(-c3ccccc3C)s2)C1.